The van der Waals surface area contributed by atoms with Crippen molar-refractivity contribution in [3.63, 3.8) is 0 Å². The van der Waals surface area contributed by atoms with Crippen molar-refractivity contribution in [2.75, 3.05) is 13.2 Å². The number of ether oxygens (including phenoxy) is 2. The number of sulfonamides is 1. The highest BCUT2D eigenvalue weighted by Crippen LogP contribution is 2.33. The fourth-order valence-electron chi connectivity index (χ4n) is 4.35. The summed E-state index contributed by atoms with van der Waals surface area (Å²) in [4.78, 5) is 29.1. The lowest BCUT2D eigenvalue weighted by atomic mass is 10.1. The van der Waals surface area contributed by atoms with Gasteiger partial charge in [-0.15, -0.1) is 5.01 Å². The van der Waals surface area contributed by atoms with Gasteiger partial charge in [0.05, 0.1) is 32.9 Å². The lowest BCUT2D eigenvalue weighted by Gasteiger charge is -2.21. The molecule has 18 heteroatoms. The van der Waals surface area contributed by atoms with Crippen LogP contribution >= 0.6 is 0 Å². The normalized spacial score (nSPS) is 12.7. The molecule has 1 N–H and O–H groups in total. The average molecular weight is 719 g/mol. The van der Waals surface area contributed by atoms with Gasteiger partial charge in [-0.25, -0.2) is 27.4 Å². The molecule has 14 nitrogen and oxygen atoms in total. The second kappa shape index (κ2) is 15.7. The number of esters is 1. The molecule has 0 aliphatic rings. The molecule has 1 unspecified atom stereocenters. The molecule has 0 aliphatic heterocycles. The fourth-order valence-corrected chi connectivity index (χ4v) is 5.24. The number of hydrazine groups is 1. The number of hydrogen-bond acceptors (Lipinski definition) is 10. The lowest BCUT2D eigenvalue weighted by molar-refractivity contribution is -0.719. The number of aromatic nitrogens is 2. The molecule has 4 rings (SSSR count). The predicted octanol–water partition coefficient (Wildman–Crippen LogP) is 6.00. The second-order valence-corrected chi connectivity index (χ2v) is 12.6. The summed E-state index contributed by atoms with van der Waals surface area (Å²) in [6.45, 7) is 5.75. The molecule has 4 aromatic rings. The summed E-state index contributed by atoms with van der Waals surface area (Å²) >= 11 is 0. The van der Waals surface area contributed by atoms with E-state index >= 15 is 0 Å². The fraction of sp³-hybridized carbons (Fsp3) is 0.281. The van der Waals surface area contributed by atoms with Crippen molar-refractivity contribution >= 4 is 22.1 Å². The molecule has 0 aliphatic carbocycles. The first-order valence-electron chi connectivity index (χ1n) is 15.0. The molecular weight excluding hydrogens is 685 g/mol. The highest BCUT2D eigenvalue weighted by molar-refractivity contribution is 7.90. The zero-order valence-electron chi connectivity index (χ0n) is 27.2. The molecule has 1 aromatic heterocycles. The van der Waals surface area contributed by atoms with E-state index in [-0.39, 0.29) is 33.4 Å². The number of amides is 1. The number of nitrogens with one attached hydrogen (secondary N) is 1. The van der Waals surface area contributed by atoms with Crippen molar-refractivity contribution in [2.45, 2.75) is 51.1 Å². The third-order valence-corrected chi connectivity index (χ3v) is 8.20. The second-order valence-electron chi connectivity index (χ2n) is 11.0. The van der Waals surface area contributed by atoms with Crippen LogP contribution < -0.4 is 4.72 Å². The highest BCUT2D eigenvalue weighted by Gasteiger charge is 2.35. The van der Waals surface area contributed by atoms with Crippen LogP contribution in [0.1, 0.15) is 42.4 Å². The zero-order chi connectivity index (χ0) is 36.6. The standard InChI is InChI=1S/C32H33F3N6O8S/c1-21(2)39(41(44)38-49-23(4)48-30(42)25-8-6-5-7-9-25)18-19-47-31(43)37-50(45,46)27-16-14-26(15-17-27)40-28(20-29(36-40)32(33,34)35)24-12-10-22(3)11-13-24/h5-17,20-21,23H,18-19H2,1-4H3,(H,37,43). The van der Waals surface area contributed by atoms with Gasteiger partial charge in [0.15, 0.2) is 5.69 Å². The smallest absolute Gasteiger partial charge is 0.435 e. The van der Waals surface area contributed by atoms with Crippen LogP contribution in [0.15, 0.2) is 95.1 Å². The van der Waals surface area contributed by atoms with E-state index in [0.29, 0.717) is 5.56 Å². The molecule has 3 aromatic carbocycles. The molecule has 0 saturated heterocycles. The van der Waals surface area contributed by atoms with Gasteiger partial charge in [0, 0.05) is 12.5 Å². The first-order valence-corrected chi connectivity index (χ1v) is 16.4. The third-order valence-electron chi connectivity index (χ3n) is 6.87. The molecule has 266 valence electrons. The minimum atomic E-state index is -4.73. The maximum Gasteiger partial charge on any atom is 0.435 e. The quantitative estimate of drug-likeness (QED) is 0.0569. The van der Waals surface area contributed by atoms with Crippen LogP contribution in [-0.2, 0) is 30.5 Å². The number of halogens is 3. The van der Waals surface area contributed by atoms with Gasteiger partial charge in [0.2, 0.25) is 5.28 Å². The Balaban J connectivity index is 1.35. The Bertz CT molecular complexity index is 1920. The van der Waals surface area contributed by atoms with E-state index in [9.17, 15) is 36.4 Å². The molecule has 1 heterocycles. The molecule has 0 bridgehead atoms. The van der Waals surface area contributed by atoms with Crippen LogP contribution in [-0.4, -0.2) is 65.7 Å². The van der Waals surface area contributed by atoms with E-state index in [1.54, 1.807) is 61.0 Å². The van der Waals surface area contributed by atoms with Gasteiger partial charge in [-0.3, -0.25) is 4.84 Å². The number of carbonyl (C=O) groups is 2. The molecule has 0 radical (unpaired) electrons. The van der Waals surface area contributed by atoms with E-state index in [4.69, 9.17) is 14.3 Å². The van der Waals surface area contributed by atoms with E-state index in [0.717, 1.165) is 33.5 Å². The molecule has 0 fully saturated rings. The number of alkyl halides is 3. The van der Waals surface area contributed by atoms with Gasteiger partial charge >= 0.3 is 18.2 Å². The van der Waals surface area contributed by atoms with E-state index in [1.807, 2.05) is 6.92 Å². The molecule has 1 amide bonds. The Hall–Kier alpha value is -5.65. The monoisotopic (exact) mass is 718 g/mol. The number of benzene rings is 3. The van der Waals surface area contributed by atoms with Crippen molar-refractivity contribution in [2.24, 2.45) is 5.28 Å². The third kappa shape index (κ3) is 9.71. The topological polar surface area (TPSA) is 167 Å². The van der Waals surface area contributed by atoms with Crippen molar-refractivity contribution < 1.29 is 50.5 Å². The van der Waals surface area contributed by atoms with Gasteiger partial charge in [-0.1, -0.05) is 48.0 Å². The van der Waals surface area contributed by atoms with Crippen molar-refractivity contribution in [1.29, 1.82) is 0 Å². The van der Waals surface area contributed by atoms with E-state index in [2.05, 4.69) is 10.4 Å². The first-order chi connectivity index (χ1) is 23.5. The Kier molecular flexibility index (Phi) is 11.7. The Labute approximate surface area is 285 Å². The summed E-state index contributed by atoms with van der Waals surface area (Å²) in [6.07, 6.45) is -7.30. The average Bonchev–Trinajstić information content (AvgIpc) is 3.52. The summed E-state index contributed by atoms with van der Waals surface area (Å²) < 4.78 is 79.1. The number of nitrogens with zero attached hydrogens (tertiary/aromatic N) is 5. The predicted molar refractivity (Wildman–Crippen MR) is 171 cm³/mol. The largest absolute Gasteiger partial charge is 0.569 e. The Morgan fingerprint density at radius 2 is 1.66 bits per heavy atom. The number of aryl methyl sites for hydroxylation is 1. The lowest BCUT2D eigenvalue weighted by Crippen LogP contribution is -2.41. The van der Waals surface area contributed by atoms with Gasteiger partial charge < -0.3 is 14.7 Å². The molecular formula is C32H33F3N6O8S. The minimum absolute atomic E-state index is 0.0681. The molecule has 0 spiro atoms. The van der Waals surface area contributed by atoms with Crippen LogP contribution in [0.3, 0.4) is 0 Å². The number of carbonyl (C=O) groups excluding carboxylic acids is 2. The minimum Gasteiger partial charge on any atom is -0.569 e. The van der Waals surface area contributed by atoms with Crippen LogP contribution in [0, 0.1) is 12.1 Å². The molecule has 0 saturated carbocycles. The maximum atomic E-state index is 13.5. The van der Waals surface area contributed by atoms with Crippen molar-refractivity contribution in [1.82, 2.24) is 19.5 Å². The van der Waals surface area contributed by atoms with E-state index < -0.39 is 52.9 Å². The van der Waals surface area contributed by atoms with Crippen LogP contribution in [0.2, 0.25) is 0 Å². The summed E-state index contributed by atoms with van der Waals surface area (Å²) in [5.74, 6) is -0.693. The summed E-state index contributed by atoms with van der Waals surface area (Å²) in [5.41, 5.74) is 0.747. The van der Waals surface area contributed by atoms with Crippen LogP contribution in [0.4, 0.5) is 18.0 Å². The van der Waals surface area contributed by atoms with Gasteiger partial charge in [0.1, 0.15) is 13.2 Å². The molecule has 1 atom stereocenters. The highest BCUT2D eigenvalue weighted by atomic mass is 32.2. The van der Waals surface area contributed by atoms with Crippen LogP contribution in [0.25, 0.3) is 16.9 Å². The zero-order valence-corrected chi connectivity index (χ0v) is 28.0. The van der Waals surface area contributed by atoms with E-state index in [1.165, 1.54) is 31.2 Å². The van der Waals surface area contributed by atoms with Gasteiger partial charge in [-0.2, -0.15) is 18.3 Å². The van der Waals surface area contributed by atoms with Crippen molar-refractivity contribution in [3.05, 3.63) is 107 Å². The summed E-state index contributed by atoms with van der Waals surface area (Å²) in [5, 5.41) is 20.7. The SMILES string of the molecule is Cc1ccc(-c2cc(C(F)(F)F)nn2-c2ccc(S(=O)(=O)NC(=O)OCCN(C(C)C)[N+]([O-])=NOC(C)OC(=O)c3ccccc3)cc2)cc1. The van der Waals surface area contributed by atoms with Gasteiger partial charge in [0.25, 0.3) is 16.3 Å². The summed E-state index contributed by atoms with van der Waals surface area (Å²) in [7, 11) is -4.48. The number of hydrogen-bond donors (Lipinski definition) is 1. The first kappa shape index (κ1) is 37.2. The Morgan fingerprint density at radius 3 is 2.26 bits per heavy atom. The van der Waals surface area contributed by atoms with Crippen LogP contribution in [0.5, 0.6) is 0 Å². The summed E-state index contributed by atoms with van der Waals surface area (Å²) in [6, 6.07) is 19.9. The number of rotatable bonds is 13. The van der Waals surface area contributed by atoms with Gasteiger partial charge in [-0.05, 0) is 63.2 Å². The molecule has 50 heavy (non-hydrogen) atoms. The Morgan fingerprint density at radius 1 is 1.02 bits per heavy atom. The van der Waals surface area contributed by atoms with Crippen molar-refractivity contribution in [3.8, 4) is 16.9 Å². The maximum absolute atomic E-state index is 13.5.